The maximum Gasteiger partial charge on any atom is 0.220 e. The molecule has 0 spiro atoms. The van der Waals surface area contributed by atoms with Gasteiger partial charge in [0.05, 0.1) is 16.8 Å². The fourth-order valence-electron chi connectivity index (χ4n) is 1.54. The van der Waals surface area contributed by atoms with Crippen molar-refractivity contribution in [3.8, 4) is 17.0 Å². The molecule has 2 rings (SSSR count). The Balaban J connectivity index is 2.34. The van der Waals surface area contributed by atoms with E-state index < -0.39 is 0 Å². The topological polar surface area (TPSA) is 61.0 Å². The van der Waals surface area contributed by atoms with E-state index in [0.717, 1.165) is 11.3 Å². The number of ether oxygens (including phenoxy) is 1. The Kier molecular flexibility index (Phi) is 3.67. The summed E-state index contributed by atoms with van der Waals surface area (Å²) in [6.07, 6.45) is 1.70. The van der Waals surface area contributed by atoms with Gasteiger partial charge in [0.25, 0.3) is 0 Å². The van der Waals surface area contributed by atoms with E-state index in [2.05, 4.69) is 9.97 Å². The van der Waals surface area contributed by atoms with Gasteiger partial charge in [0.1, 0.15) is 5.75 Å². The fourth-order valence-corrected chi connectivity index (χ4v) is 1.77. The summed E-state index contributed by atoms with van der Waals surface area (Å²) < 4.78 is 5.57. The Labute approximate surface area is 111 Å². The van der Waals surface area contributed by atoms with Crippen LogP contribution in [0.4, 0.5) is 5.95 Å². The lowest BCUT2D eigenvalue weighted by Crippen LogP contribution is -2.05. The van der Waals surface area contributed by atoms with Gasteiger partial charge in [-0.2, -0.15) is 0 Å². The Morgan fingerprint density at radius 2 is 2.06 bits per heavy atom. The molecule has 18 heavy (non-hydrogen) atoms. The van der Waals surface area contributed by atoms with Gasteiger partial charge < -0.3 is 10.5 Å². The van der Waals surface area contributed by atoms with E-state index in [0.29, 0.717) is 10.8 Å². The molecule has 1 heterocycles. The minimum atomic E-state index is 0.0862. The molecular weight excluding hydrogens is 250 g/mol. The van der Waals surface area contributed by atoms with Crippen molar-refractivity contribution in [2.24, 2.45) is 0 Å². The monoisotopic (exact) mass is 263 g/mol. The third-order valence-electron chi connectivity index (χ3n) is 2.26. The zero-order valence-corrected chi connectivity index (χ0v) is 11.0. The van der Waals surface area contributed by atoms with Gasteiger partial charge >= 0.3 is 0 Å². The highest BCUT2D eigenvalue weighted by Gasteiger charge is 2.07. The number of nitrogen functional groups attached to an aromatic ring is 1. The summed E-state index contributed by atoms with van der Waals surface area (Å²) >= 11 is 6.16. The van der Waals surface area contributed by atoms with E-state index in [1.54, 1.807) is 18.3 Å². The van der Waals surface area contributed by atoms with Crippen molar-refractivity contribution in [3.05, 3.63) is 35.5 Å². The second-order valence-corrected chi connectivity index (χ2v) is 4.52. The normalized spacial score (nSPS) is 10.7. The lowest BCUT2D eigenvalue weighted by Gasteiger charge is -2.12. The summed E-state index contributed by atoms with van der Waals surface area (Å²) in [7, 11) is 0. The quantitative estimate of drug-likeness (QED) is 0.924. The number of benzene rings is 1. The van der Waals surface area contributed by atoms with Gasteiger partial charge in [0.15, 0.2) is 0 Å². The second kappa shape index (κ2) is 5.23. The molecule has 0 aliphatic heterocycles. The molecule has 2 N–H and O–H groups in total. The predicted octanol–water partition coefficient (Wildman–Crippen LogP) is 3.17. The number of hydrogen-bond acceptors (Lipinski definition) is 4. The summed E-state index contributed by atoms with van der Waals surface area (Å²) in [6.45, 7) is 3.91. The largest absolute Gasteiger partial charge is 0.489 e. The fraction of sp³-hybridized carbons (Fsp3) is 0.231. The van der Waals surface area contributed by atoms with Crippen molar-refractivity contribution in [3.63, 3.8) is 0 Å². The van der Waals surface area contributed by atoms with Gasteiger partial charge in [-0.15, -0.1) is 0 Å². The average Bonchev–Trinajstić information content (AvgIpc) is 2.31. The van der Waals surface area contributed by atoms with Crippen molar-refractivity contribution in [2.75, 3.05) is 5.73 Å². The number of anilines is 1. The van der Waals surface area contributed by atoms with Crippen molar-refractivity contribution in [2.45, 2.75) is 20.0 Å². The molecule has 0 aliphatic carbocycles. The molecule has 0 saturated heterocycles. The molecule has 0 bridgehead atoms. The second-order valence-electron chi connectivity index (χ2n) is 4.11. The van der Waals surface area contributed by atoms with Gasteiger partial charge in [-0.25, -0.2) is 9.97 Å². The molecule has 0 amide bonds. The molecule has 4 nitrogen and oxygen atoms in total. The first-order valence-corrected chi connectivity index (χ1v) is 5.99. The highest BCUT2D eigenvalue weighted by Crippen LogP contribution is 2.30. The highest BCUT2D eigenvalue weighted by molar-refractivity contribution is 6.32. The Morgan fingerprint density at radius 3 is 2.67 bits per heavy atom. The summed E-state index contributed by atoms with van der Waals surface area (Å²) in [6, 6.07) is 7.31. The zero-order chi connectivity index (χ0) is 13.1. The van der Waals surface area contributed by atoms with Gasteiger partial charge in [-0.1, -0.05) is 11.6 Å². The number of nitrogens with two attached hydrogens (primary N) is 1. The van der Waals surface area contributed by atoms with Crippen LogP contribution in [-0.2, 0) is 0 Å². The summed E-state index contributed by atoms with van der Waals surface area (Å²) in [5.74, 6) is 0.906. The maximum absolute atomic E-state index is 6.16. The third-order valence-corrected chi connectivity index (χ3v) is 2.56. The van der Waals surface area contributed by atoms with Crippen LogP contribution in [0.15, 0.2) is 30.5 Å². The van der Waals surface area contributed by atoms with Crippen LogP contribution in [0.3, 0.4) is 0 Å². The van der Waals surface area contributed by atoms with Crippen LogP contribution in [0.1, 0.15) is 13.8 Å². The first-order chi connectivity index (χ1) is 8.56. The lowest BCUT2D eigenvalue weighted by molar-refractivity contribution is 0.242. The first-order valence-electron chi connectivity index (χ1n) is 5.61. The Bertz CT molecular complexity index is 558. The average molecular weight is 264 g/mol. The van der Waals surface area contributed by atoms with E-state index in [4.69, 9.17) is 22.1 Å². The number of aromatic nitrogens is 2. The van der Waals surface area contributed by atoms with Crippen LogP contribution in [0.25, 0.3) is 11.3 Å². The number of hydrogen-bond donors (Lipinski definition) is 1. The zero-order valence-electron chi connectivity index (χ0n) is 10.2. The first kappa shape index (κ1) is 12.6. The van der Waals surface area contributed by atoms with Crippen LogP contribution >= 0.6 is 11.6 Å². The summed E-state index contributed by atoms with van der Waals surface area (Å²) in [5, 5.41) is 0.554. The standard InChI is InChI=1S/C13H14ClN3O/c1-8(2)18-12-4-3-9(7-10(12)14)11-5-6-16-13(15)17-11/h3-8H,1-2H3,(H2,15,16,17). The maximum atomic E-state index is 6.16. The van der Waals surface area contributed by atoms with E-state index in [-0.39, 0.29) is 12.1 Å². The lowest BCUT2D eigenvalue weighted by atomic mass is 10.1. The van der Waals surface area contributed by atoms with Crippen molar-refractivity contribution < 1.29 is 4.74 Å². The minimum absolute atomic E-state index is 0.0862. The molecule has 0 saturated carbocycles. The molecule has 0 atom stereocenters. The molecule has 0 radical (unpaired) electrons. The molecule has 94 valence electrons. The van der Waals surface area contributed by atoms with E-state index in [9.17, 15) is 0 Å². The number of rotatable bonds is 3. The van der Waals surface area contributed by atoms with Crippen LogP contribution in [-0.4, -0.2) is 16.1 Å². The number of nitrogens with zero attached hydrogens (tertiary/aromatic N) is 2. The van der Waals surface area contributed by atoms with Crippen LogP contribution in [0.5, 0.6) is 5.75 Å². The molecule has 1 aromatic carbocycles. The van der Waals surface area contributed by atoms with Gasteiger partial charge in [0, 0.05) is 11.8 Å². The Hall–Kier alpha value is -1.81. The van der Waals surface area contributed by atoms with Crippen LogP contribution in [0.2, 0.25) is 5.02 Å². The van der Waals surface area contributed by atoms with E-state index >= 15 is 0 Å². The van der Waals surface area contributed by atoms with Gasteiger partial charge in [-0.3, -0.25) is 0 Å². The third kappa shape index (κ3) is 2.90. The summed E-state index contributed by atoms with van der Waals surface area (Å²) in [5.41, 5.74) is 7.17. The van der Waals surface area contributed by atoms with Crippen molar-refractivity contribution in [1.29, 1.82) is 0 Å². The molecule has 0 unspecified atom stereocenters. The van der Waals surface area contributed by atoms with E-state index in [1.165, 1.54) is 0 Å². The smallest absolute Gasteiger partial charge is 0.220 e. The SMILES string of the molecule is CC(C)Oc1ccc(-c2ccnc(N)n2)cc1Cl. The van der Waals surface area contributed by atoms with Crippen LogP contribution in [0, 0.1) is 0 Å². The Morgan fingerprint density at radius 1 is 1.28 bits per heavy atom. The highest BCUT2D eigenvalue weighted by atomic mass is 35.5. The predicted molar refractivity (Wildman–Crippen MR) is 72.7 cm³/mol. The molecule has 2 aromatic rings. The molecule has 1 aromatic heterocycles. The molecule has 5 heteroatoms. The van der Waals surface area contributed by atoms with Crippen LogP contribution < -0.4 is 10.5 Å². The van der Waals surface area contributed by atoms with Crippen molar-refractivity contribution in [1.82, 2.24) is 9.97 Å². The minimum Gasteiger partial charge on any atom is -0.489 e. The molecule has 0 aliphatic rings. The summed E-state index contributed by atoms with van der Waals surface area (Å²) in [4.78, 5) is 8.00. The van der Waals surface area contributed by atoms with Gasteiger partial charge in [-0.05, 0) is 38.1 Å². The van der Waals surface area contributed by atoms with Gasteiger partial charge in [0.2, 0.25) is 5.95 Å². The van der Waals surface area contributed by atoms with E-state index in [1.807, 2.05) is 26.0 Å². The molecular formula is C13H14ClN3O. The number of halogens is 1. The molecule has 0 fully saturated rings. The van der Waals surface area contributed by atoms with Crippen molar-refractivity contribution >= 4 is 17.5 Å².